The van der Waals surface area contributed by atoms with E-state index in [0.717, 1.165) is 24.3 Å². The highest BCUT2D eigenvalue weighted by Crippen LogP contribution is 2.34. The lowest BCUT2D eigenvalue weighted by molar-refractivity contribution is -0.134. The van der Waals surface area contributed by atoms with Crippen LogP contribution in [0, 0.1) is 0 Å². The summed E-state index contributed by atoms with van der Waals surface area (Å²) in [4.78, 5) is 36.4. The molecule has 2 heterocycles. The monoisotopic (exact) mass is 401 g/mol. The van der Waals surface area contributed by atoms with Crippen molar-refractivity contribution in [3.05, 3.63) is 42.1 Å². The van der Waals surface area contributed by atoms with Crippen LogP contribution in [0.4, 0.5) is 5.69 Å². The molecule has 4 N–H and O–H groups in total. The van der Waals surface area contributed by atoms with Gasteiger partial charge in [-0.2, -0.15) is 0 Å². The molecule has 1 saturated heterocycles. The van der Waals surface area contributed by atoms with Gasteiger partial charge in [-0.25, -0.2) is 9.59 Å². The number of aromatic nitrogens is 1. The zero-order valence-electron chi connectivity index (χ0n) is 16.6. The fraction of sp³-hybridized carbons (Fsp3) is 0.381. The zero-order chi connectivity index (χ0) is 21.4. The van der Waals surface area contributed by atoms with Crippen LogP contribution in [0.5, 0.6) is 0 Å². The number of hydrogen-bond acceptors (Lipinski definition) is 4. The van der Waals surface area contributed by atoms with E-state index in [2.05, 4.69) is 40.6 Å². The number of carbonyl (C=O) groups excluding carboxylic acids is 1. The third-order valence-corrected chi connectivity index (χ3v) is 4.85. The standard InChI is InChI=1S/C17H23N3O.C4H4O4/c1-3-17(21)19-13-4-5-16-14(10-13)15(11-18-16)12-6-8-20(2)9-7-12;5-3(6)1-2-4(7)8/h4-5,10-12,18H,3,6-9H2,1-2H3,(H,19,21);1-2H,(H,5,6)(H,7,8). The Morgan fingerprint density at radius 2 is 1.79 bits per heavy atom. The minimum atomic E-state index is -1.26. The van der Waals surface area contributed by atoms with Gasteiger partial charge in [0.25, 0.3) is 0 Å². The second-order valence-corrected chi connectivity index (χ2v) is 6.99. The largest absolute Gasteiger partial charge is 0.478 e. The van der Waals surface area contributed by atoms with E-state index in [1.807, 2.05) is 13.0 Å². The quantitative estimate of drug-likeness (QED) is 0.571. The number of carboxylic acids is 2. The molecule has 1 amide bonds. The fourth-order valence-electron chi connectivity index (χ4n) is 3.27. The summed E-state index contributed by atoms with van der Waals surface area (Å²) in [5.74, 6) is -1.84. The highest BCUT2D eigenvalue weighted by molar-refractivity contribution is 5.94. The first-order chi connectivity index (χ1) is 13.8. The molecule has 0 atom stereocenters. The van der Waals surface area contributed by atoms with E-state index in [0.29, 0.717) is 24.5 Å². The number of hydrogen-bond donors (Lipinski definition) is 4. The van der Waals surface area contributed by atoms with Crippen molar-refractivity contribution in [2.75, 3.05) is 25.5 Å². The molecule has 2 aromatic rings. The molecule has 1 aliphatic heterocycles. The van der Waals surface area contributed by atoms with Gasteiger partial charge in [0.2, 0.25) is 5.91 Å². The number of rotatable bonds is 5. The van der Waals surface area contributed by atoms with Gasteiger partial charge in [-0.05, 0) is 62.7 Å². The molecule has 0 bridgehead atoms. The van der Waals surface area contributed by atoms with E-state index in [-0.39, 0.29) is 5.91 Å². The number of benzene rings is 1. The molecule has 8 heteroatoms. The van der Waals surface area contributed by atoms with Gasteiger partial charge in [-0.3, -0.25) is 4.79 Å². The second kappa shape index (κ2) is 10.4. The van der Waals surface area contributed by atoms with E-state index in [1.54, 1.807) is 0 Å². The van der Waals surface area contributed by atoms with Gasteiger partial charge in [0.15, 0.2) is 0 Å². The van der Waals surface area contributed by atoms with E-state index < -0.39 is 11.9 Å². The number of fused-ring (bicyclic) bond motifs is 1. The van der Waals surface area contributed by atoms with Gasteiger partial charge in [0.05, 0.1) is 0 Å². The van der Waals surface area contributed by atoms with Crippen molar-refractivity contribution in [2.45, 2.75) is 32.1 Å². The molecule has 0 radical (unpaired) electrons. The number of likely N-dealkylation sites (tertiary alicyclic amines) is 1. The Morgan fingerprint density at radius 1 is 1.17 bits per heavy atom. The van der Waals surface area contributed by atoms with Crippen LogP contribution in [0.1, 0.15) is 37.7 Å². The average molecular weight is 401 g/mol. The summed E-state index contributed by atoms with van der Waals surface area (Å²) in [6.07, 6.45) is 6.17. The number of anilines is 1. The number of nitrogens with one attached hydrogen (secondary N) is 2. The molecule has 3 rings (SSSR count). The van der Waals surface area contributed by atoms with Crippen LogP contribution in [-0.4, -0.2) is 58.1 Å². The lowest BCUT2D eigenvalue weighted by Crippen LogP contribution is -2.29. The molecule has 0 aliphatic carbocycles. The summed E-state index contributed by atoms with van der Waals surface area (Å²) in [5.41, 5.74) is 3.44. The number of aromatic amines is 1. The number of carboxylic acid groups (broad SMARTS) is 2. The van der Waals surface area contributed by atoms with E-state index in [4.69, 9.17) is 10.2 Å². The number of amides is 1. The smallest absolute Gasteiger partial charge is 0.328 e. The number of aliphatic carboxylic acids is 2. The maximum absolute atomic E-state index is 11.6. The maximum atomic E-state index is 11.6. The molecular formula is C21H27N3O5. The van der Waals surface area contributed by atoms with E-state index in [9.17, 15) is 14.4 Å². The SMILES string of the molecule is CCC(=O)Nc1ccc2[nH]cc(C3CCN(C)CC3)c2c1.O=C(O)C=CC(=O)O. The van der Waals surface area contributed by atoms with Gasteiger partial charge in [0, 0.05) is 41.4 Å². The molecule has 1 aromatic heterocycles. The predicted octanol–water partition coefficient (Wildman–Crippen LogP) is 3.04. The van der Waals surface area contributed by atoms with Gasteiger partial charge >= 0.3 is 11.9 Å². The second-order valence-electron chi connectivity index (χ2n) is 6.99. The van der Waals surface area contributed by atoms with Crippen LogP contribution < -0.4 is 5.32 Å². The summed E-state index contributed by atoms with van der Waals surface area (Å²) >= 11 is 0. The number of carbonyl (C=O) groups is 3. The normalized spacial score (nSPS) is 15.1. The Labute approximate surface area is 169 Å². The van der Waals surface area contributed by atoms with Crippen LogP contribution in [-0.2, 0) is 14.4 Å². The third kappa shape index (κ3) is 6.76. The maximum Gasteiger partial charge on any atom is 0.328 e. The number of nitrogens with zero attached hydrogens (tertiary/aromatic N) is 1. The predicted molar refractivity (Wildman–Crippen MR) is 111 cm³/mol. The lowest BCUT2D eigenvalue weighted by atomic mass is 9.89. The summed E-state index contributed by atoms with van der Waals surface area (Å²) in [6, 6.07) is 6.12. The van der Waals surface area contributed by atoms with Crippen molar-refractivity contribution in [3.63, 3.8) is 0 Å². The van der Waals surface area contributed by atoms with Crippen LogP contribution in [0.3, 0.4) is 0 Å². The van der Waals surface area contributed by atoms with E-state index in [1.165, 1.54) is 23.8 Å². The first kappa shape index (κ1) is 22.2. The van der Waals surface area contributed by atoms with Gasteiger partial charge in [-0.1, -0.05) is 6.92 Å². The molecule has 29 heavy (non-hydrogen) atoms. The van der Waals surface area contributed by atoms with Crippen molar-refractivity contribution in [2.24, 2.45) is 0 Å². The van der Waals surface area contributed by atoms with Crippen molar-refractivity contribution in [1.29, 1.82) is 0 Å². The summed E-state index contributed by atoms with van der Waals surface area (Å²) in [5, 5.41) is 19.8. The van der Waals surface area contributed by atoms with Crippen molar-refractivity contribution >= 4 is 34.4 Å². The molecule has 1 aromatic carbocycles. The van der Waals surface area contributed by atoms with Crippen molar-refractivity contribution in [3.8, 4) is 0 Å². The Bertz CT molecular complexity index is 879. The summed E-state index contributed by atoms with van der Waals surface area (Å²) in [6.45, 7) is 4.18. The average Bonchev–Trinajstić information content (AvgIpc) is 3.10. The Balaban J connectivity index is 0.000000321. The van der Waals surface area contributed by atoms with Crippen LogP contribution in [0.25, 0.3) is 10.9 Å². The van der Waals surface area contributed by atoms with Crippen LogP contribution >= 0.6 is 0 Å². The molecule has 0 unspecified atom stereocenters. The van der Waals surface area contributed by atoms with Crippen LogP contribution in [0.2, 0.25) is 0 Å². The Kier molecular flexibility index (Phi) is 7.97. The third-order valence-electron chi connectivity index (χ3n) is 4.85. The van der Waals surface area contributed by atoms with Gasteiger partial charge in [-0.15, -0.1) is 0 Å². The summed E-state index contributed by atoms with van der Waals surface area (Å²) in [7, 11) is 2.18. The molecule has 1 aliphatic rings. The fourth-order valence-corrected chi connectivity index (χ4v) is 3.27. The van der Waals surface area contributed by atoms with Crippen molar-refractivity contribution < 1.29 is 24.6 Å². The topological polar surface area (TPSA) is 123 Å². The Hall–Kier alpha value is -3.13. The highest BCUT2D eigenvalue weighted by atomic mass is 16.4. The summed E-state index contributed by atoms with van der Waals surface area (Å²) < 4.78 is 0. The lowest BCUT2D eigenvalue weighted by Gasteiger charge is -2.28. The van der Waals surface area contributed by atoms with Gasteiger partial charge in [0.1, 0.15) is 0 Å². The highest BCUT2D eigenvalue weighted by Gasteiger charge is 2.21. The molecule has 1 fully saturated rings. The minimum absolute atomic E-state index is 0.0609. The first-order valence-corrected chi connectivity index (χ1v) is 9.53. The molecule has 8 nitrogen and oxygen atoms in total. The minimum Gasteiger partial charge on any atom is -0.478 e. The van der Waals surface area contributed by atoms with E-state index >= 15 is 0 Å². The van der Waals surface area contributed by atoms with Gasteiger partial charge < -0.3 is 25.4 Å². The molecular weight excluding hydrogens is 374 g/mol. The number of piperidine rings is 1. The first-order valence-electron chi connectivity index (χ1n) is 9.53. The molecule has 156 valence electrons. The zero-order valence-corrected chi connectivity index (χ0v) is 16.6. The molecule has 0 saturated carbocycles. The Morgan fingerprint density at radius 3 is 2.34 bits per heavy atom. The molecule has 0 spiro atoms. The number of H-pyrrole nitrogens is 1. The van der Waals surface area contributed by atoms with Crippen LogP contribution in [0.15, 0.2) is 36.5 Å². The van der Waals surface area contributed by atoms with Crippen molar-refractivity contribution in [1.82, 2.24) is 9.88 Å².